The quantitative estimate of drug-likeness (QED) is 0.158. The van der Waals surface area contributed by atoms with E-state index in [0.717, 1.165) is 6.42 Å². The highest BCUT2D eigenvalue weighted by Crippen LogP contribution is 2.55. The van der Waals surface area contributed by atoms with E-state index in [1.54, 1.807) is 0 Å². The third-order valence-electron chi connectivity index (χ3n) is 11.5. The van der Waals surface area contributed by atoms with E-state index in [1.165, 1.54) is 72.3 Å². The van der Waals surface area contributed by atoms with E-state index in [-0.39, 0.29) is 10.8 Å². The second-order valence-electron chi connectivity index (χ2n) is 15.9. The Kier molecular flexibility index (Phi) is 11.2. The molecule has 0 heteroatoms. The summed E-state index contributed by atoms with van der Waals surface area (Å²) >= 11 is 0. The minimum absolute atomic E-state index is 0.00884. The summed E-state index contributed by atoms with van der Waals surface area (Å²) < 4.78 is 0. The van der Waals surface area contributed by atoms with Crippen molar-refractivity contribution in [2.75, 3.05) is 0 Å². The molecule has 0 nitrogen and oxygen atoms in total. The summed E-state index contributed by atoms with van der Waals surface area (Å²) in [7, 11) is 0. The number of aryl methyl sites for hydroxylation is 3. The van der Waals surface area contributed by atoms with Crippen LogP contribution in [0.2, 0.25) is 0 Å². The summed E-state index contributed by atoms with van der Waals surface area (Å²) in [6, 6.07) is 52.3. The summed E-state index contributed by atoms with van der Waals surface area (Å²) in [5.74, 6) is 0.975. The van der Waals surface area contributed by atoms with Gasteiger partial charge in [0.1, 0.15) is 0 Å². The number of hydrogen-bond donors (Lipinski definition) is 0. The monoisotopic (exact) mass is 692 g/mol. The van der Waals surface area contributed by atoms with Crippen LogP contribution in [0.15, 0.2) is 164 Å². The first-order valence-corrected chi connectivity index (χ1v) is 19.3. The predicted octanol–water partition coefficient (Wildman–Crippen LogP) is 14.5. The Hall–Kier alpha value is -5.20. The summed E-state index contributed by atoms with van der Waals surface area (Å²) in [6.07, 6.45) is 5.72. The number of rotatable bonds is 5. The molecule has 2 atom stereocenters. The zero-order valence-corrected chi connectivity index (χ0v) is 33.1. The molecule has 6 aromatic carbocycles. The Balaban J connectivity index is 0.000000144. The number of hydrogen-bond acceptors (Lipinski definition) is 0. The maximum atomic E-state index is 4.45. The zero-order valence-electron chi connectivity index (χ0n) is 33.1. The summed E-state index contributed by atoms with van der Waals surface area (Å²) in [5.41, 5.74) is 17.9. The van der Waals surface area contributed by atoms with E-state index in [0.29, 0.717) is 11.8 Å². The van der Waals surface area contributed by atoms with Gasteiger partial charge in [0.2, 0.25) is 0 Å². The van der Waals surface area contributed by atoms with E-state index in [2.05, 4.69) is 214 Å². The Labute approximate surface area is 320 Å². The molecule has 268 valence electrons. The average molecular weight is 693 g/mol. The highest BCUT2D eigenvalue weighted by atomic mass is 14.5. The zero-order chi connectivity index (χ0) is 37.8. The normalized spacial score (nSPS) is 17.7. The van der Waals surface area contributed by atoms with Crippen LogP contribution in [0.4, 0.5) is 0 Å². The van der Waals surface area contributed by atoms with Gasteiger partial charge in [0.05, 0.1) is 0 Å². The lowest BCUT2D eigenvalue weighted by Crippen LogP contribution is -2.31. The number of fused-ring (bicyclic) bond motifs is 4. The molecule has 0 aromatic heterocycles. The van der Waals surface area contributed by atoms with Crippen LogP contribution in [-0.4, -0.2) is 0 Å². The van der Waals surface area contributed by atoms with Crippen LogP contribution >= 0.6 is 0 Å². The lowest BCUT2D eigenvalue weighted by atomic mass is 9.67. The first-order chi connectivity index (χ1) is 25.4. The van der Waals surface area contributed by atoms with Crippen molar-refractivity contribution in [1.82, 2.24) is 0 Å². The van der Waals surface area contributed by atoms with Crippen molar-refractivity contribution in [3.63, 3.8) is 0 Å². The van der Waals surface area contributed by atoms with Crippen LogP contribution in [0.3, 0.4) is 0 Å². The van der Waals surface area contributed by atoms with E-state index in [9.17, 15) is 0 Å². The highest BCUT2D eigenvalue weighted by molar-refractivity contribution is 5.81. The van der Waals surface area contributed by atoms with Crippen LogP contribution in [-0.2, 0) is 10.8 Å². The van der Waals surface area contributed by atoms with Crippen molar-refractivity contribution in [3.8, 4) is 22.3 Å². The molecule has 0 heterocycles. The molecule has 0 spiro atoms. The van der Waals surface area contributed by atoms with Gasteiger partial charge in [-0.15, -0.1) is 0 Å². The predicted molar refractivity (Wildman–Crippen MR) is 231 cm³/mol. The van der Waals surface area contributed by atoms with Crippen LogP contribution in [0, 0.1) is 32.6 Å². The maximum Gasteiger partial charge on any atom is 0.0309 e. The summed E-state index contributed by atoms with van der Waals surface area (Å²) in [5, 5.41) is 0. The molecule has 0 amide bonds. The van der Waals surface area contributed by atoms with E-state index in [4.69, 9.17) is 0 Å². The first-order valence-electron chi connectivity index (χ1n) is 19.3. The third kappa shape index (κ3) is 7.51. The van der Waals surface area contributed by atoms with Crippen molar-refractivity contribution in [2.24, 2.45) is 11.8 Å². The summed E-state index contributed by atoms with van der Waals surface area (Å²) in [6.45, 7) is 22.4. The van der Waals surface area contributed by atoms with Gasteiger partial charge in [-0.3, -0.25) is 0 Å². The fraction of sp³-hybridized carbons (Fsp3) is 0.245. The Morgan fingerprint density at radius 1 is 0.585 bits per heavy atom. The van der Waals surface area contributed by atoms with Crippen LogP contribution in [0.5, 0.6) is 0 Å². The number of allylic oxidation sites excluding steroid dienone is 3. The van der Waals surface area contributed by atoms with Gasteiger partial charge in [-0.05, 0) is 100 Å². The van der Waals surface area contributed by atoms with Crippen LogP contribution in [0.1, 0.15) is 85.5 Å². The molecule has 0 aliphatic heterocycles. The van der Waals surface area contributed by atoms with Crippen LogP contribution < -0.4 is 0 Å². The Morgan fingerprint density at radius 2 is 1.11 bits per heavy atom. The molecule has 2 aliphatic rings. The Morgan fingerprint density at radius 3 is 1.75 bits per heavy atom. The molecule has 0 radical (unpaired) electrons. The minimum atomic E-state index is -0.00884. The molecule has 0 bridgehead atoms. The van der Waals surface area contributed by atoms with Crippen molar-refractivity contribution in [1.29, 1.82) is 0 Å². The maximum absolute atomic E-state index is 4.45. The minimum Gasteiger partial charge on any atom is -0.0949 e. The van der Waals surface area contributed by atoms with Crippen molar-refractivity contribution < 1.29 is 0 Å². The van der Waals surface area contributed by atoms with Gasteiger partial charge in [0, 0.05) is 10.8 Å². The molecule has 8 rings (SSSR count). The van der Waals surface area contributed by atoms with Gasteiger partial charge in [-0.25, -0.2) is 0 Å². The van der Waals surface area contributed by atoms with Gasteiger partial charge < -0.3 is 0 Å². The molecular weight excluding hydrogens is 637 g/mol. The second kappa shape index (κ2) is 15.8. The molecule has 6 aromatic rings. The standard InChI is InChI=1S/C24H28.C16H16.C13H12/c1-17(2)10-9-15-24(21-11-7-6-8-12-21)20(5)19(4)22-14-13-18(3)16-23(22)24;1-11-8-9-13-12-6-4-5-7-14(12)16(2,3)15(13)10-11;1-11-7-5-6-10-13(11)12-8-3-2-4-9-12/h6-14,16-17,20H,4,15H2,1-3,5H3;4-10H,1-3H3;2-10H,1H3/b10-9+;;. The molecule has 53 heavy (non-hydrogen) atoms. The smallest absolute Gasteiger partial charge is 0.0309 e. The molecule has 0 saturated heterocycles. The SMILES string of the molecule is C=C1c2ccc(C)cc2C(C/C=C/C(C)C)(c2ccccc2)C1C.Cc1ccc2c(c1)C(C)(C)c1ccccc1-2.Cc1ccccc1-c1ccccc1. The van der Waals surface area contributed by atoms with E-state index < -0.39 is 0 Å². The molecule has 0 fully saturated rings. The van der Waals surface area contributed by atoms with Gasteiger partial charge in [0.25, 0.3) is 0 Å². The number of benzene rings is 6. The molecule has 2 aliphatic carbocycles. The van der Waals surface area contributed by atoms with Gasteiger partial charge in [0.15, 0.2) is 0 Å². The molecular formula is C53H56. The van der Waals surface area contributed by atoms with Gasteiger partial charge >= 0.3 is 0 Å². The van der Waals surface area contributed by atoms with Crippen molar-refractivity contribution in [3.05, 3.63) is 209 Å². The summed E-state index contributed by atoms with van der Waals surface area (Å²) in [4.78, 5) is 0. The van der Waals surface area contributed by atoms with Crippen LogP contribution in [0.25, 0.3) is 27.8 Å². The van der Waals surface area contributed by atoms with Gasteiger partial charge in [-0.2, -0.15) is 0 Å². The molecule has 0 N–H and O–H groups in total. The fourth-order valence-electron chi connectivity index (χ4n) is 8.48. The highest BCUT2D eigenvalue weighted by Gasteiger charge is 2.47. The topological polar surface area (TPSA) is 0 Å². The van der Waals surface area contributed by atoms with Crippen molar-refractivity contribution >= 4 is 5.57 Å². The lowest BCUT2D eigenvalue weighted by molar-refractivity contribution is 0.440. The first kappa shape index (κ1) is 37.6. The van der Waals surface area contributed by atoms with Crippen molar-refractivity contribution in [2.45, 2.75) is 72.6 Å². The Bertz CT molecular complexity index is 2210. The molecule has 2 unspecified atom stereocenters. The van der Waals surface area contributed by atoms with E-state index in [1.807, 2.05) is 6.07 Å². The van der Waals surface area contributed by atoms with Gasteiger partial charge in [-0.1, -0.05) is 210 Å². The fourth-order valence-corrected chi connectivity index (χ4v) is 8.48. The average Bonchev–Trinajstić information content (AvgIpc) is 3.52. The largest absolute Gasteiger partial charge is 0.0949 e. The van der Waals surface area contributed by atoms with E-state index >= 15 is 0 Å². The lowest BCUT2D eigenvalue weighted by Gasteiger charge is -2.35. The third-order valence-corrected chi connectivity index (χ3v) is 11.5. The molecule has 0 saturated carbocycles. The second-order valence-corrected chi connectivity index (χ2v) is 15.9.